The average molecular weight is 272 g/mol. The summed E-state index contributed by atoms with van der Waals surface area (Å²) in [4.78, 5) is 10.7. The summed E-state index contributed by atoms with van der Waals surface area (Å²) in [7, 11) is 3.17. The Labute approximate surface area is 117 Å². The predicted molar refractivity (Wildman–Crippen MR) is 75.7 cm³/mol. The van der Waals surface area contributed by atoms with Gasteiger partial charge >= 0.3 is 0 Å². The summed E-state index contributed by atoms with van der Waals surface area (Å²) in [5, 5.41) is 0. The largest absolute Gasteiger partial charge is 0.497 e. The van der Waals surface area contributed by atoms with Crippen molar-refractivity contribution in [3.8, 4) is 17.2 Å². The molecule has 20 heavy (non-hydrogen) atoms. The van der Waals surface area contributed by atoms with Crippen LogP contribution in [0.1, 0.15) is 15.9 Å². The minimum Gasteiger partial charge on any atom is -0.497 e. The van der Waals surface area contributed by atoms with Gasteiger partial charge in [-0.15, -0.1) is 0 Å². The lowest BCUT2D eigenvalue weighted by atomic mass is 10.2. The Bertz CT molecular complexity index is 593. The Kier molecular flexibility index (Phi) is 4.60. The van der Waals surface area contributed by atoms with Crippen LogP contribution < -0.4 is 14.2 Å². The first-order chi connectivity index (χ1) is 9.76. The minimum atomic E-state index is 0.397. The van der Waals surface area contributed by atoms with Crippen LogP contribution in [0.5, 0.6) is 17.2 Å². The molecule has 0 aromatic heterocycles. The average Bonchev–Trinajstić information content (AvgIpc) is 2.52. The third-order valence-corrected chi connectivity index (χ3v) is 2.85. The molecule has 2 rings (SSSR count). The highest BCUT2D eigenvalue weighted by molar-refractivity contribution is 5.76. The molecule has 0 amide bonds. The first kappa shape index (κ1) is 13.9. The molecule has 0 aliphatic carbocycles. The van der Waals surface area contributed by atoms with Crippen molar-refractivity contribution in [1.29, 1.82) is 0 Å². The van der Waals surface area contributed by atoms with E-state index in [9.17, 15) is 4.79 Å². The number of hydrogen-bond donors (Lipinski definition) is 0. The van der Waals surface area contributed by atoms with Crippen molar-refractivity contribution in [2.24, 2.45) is 0 Å². The molecule has 2 aromatic rings. The Morgan fingerprint density at radius 1 is 1.00 bits per heavy atom. The van der Waals surface area contributed by atoms with Crippen molar-refractivity contribution in [1.82, 2.24) is 0 Å². The lowest BCUT2D eigenvalue weighted by molar-refractivity contribution is 0.112. The number of rotatable bonds is 6. The third-order valence-electron chi connectivity index (χ3n) is 2.85. The van der Waals surface area contributed by atoms with E-state index in [-0.39, 0.29) is 0 Å². The van der Waals surface area contributed by atoms with Crippen LogP contribution in [0.25, 0.3) is 0 Å². The van der Waals surface area contributed by atoms with E-state index >= 15 is 0 Å². The van der Waals surface area contributed by atoms with Crippen LogP contribution in [0.3, 0.4) is 0 Å². The standard InChI is InChI=1S/C16H16O4/c1-18-14-5-3-4-13(8-14)11-20-15-7-6-12(10-17)9-16(15)19-2/h3-10H,11H2,1-2H3. The van der Waals surface area contributed by atoms with Crippen LogP contribution >= 0.6 is 0 Å². The molecular weight excluding hydrogens is 256 g/mol. The Morgan fingerprint density at radius 3 is 2.55 bits per heavy atom. The van der Waals surface area contributed by atoms with Gasteiger partial charge in [0.15, 0.2) is 11.5 Å². The zero-order valence-corrected chi connectivity index (χ0v) is 11.5. The summed E-state index contributed by atoms with van der Waals surface area (Å²) in [5.41, 5.74) is 1.54. The summed E-state index contributed by atoms with van der Waals surface area (Å²) in [6.07, 6.45) is 0.772. The van der Waals surface area contributed by atoms with E-state index in [2.05, 4.69) is 0 Å². The number of aldehydes is 1. The van der Waals surface area contributed by atoms with Crippen LogP contribution in [-0.4, -0.2) is 20.5 Å². The molecule has 0 saturated carbocycles. The van der Waals surface area contributed by atoms with Gasteiger partial charge in [0.2, 0.25) is 0 Å². The lowest BCUT2D eigenvalue weighted by Crippen LogP contribution is -1.98. The summed E-state index contributed by atoms with van der Waals surface area (Å²) in [5.74, 6) is 1.92. The van der Waals surface area contributed by atoms with E-state index in [1.165, 1.54) is 0 Å². The molecule has 0 aliphatic rings. The molecule has 0 heterocycles. The molecule has 0 spiro atoms. The highest BCUT2D eigenvalue weighted by Gasteiger charge is 2.06. The Balaban J connectivity index is 2.11. The molecular formula is C16H16O4. The normalized spacial score (nSPS) is 9.90. The van der Waals surface area contributed by atoms with E-state index < -0.39 is 0 Å². The number of carbonyl (C=O) groups is 1. The molecule has 0 unspecified atom stereocenters. The van der Waals surface area contributed by atoms with Crippen LogP contribution in [0.2, 0.25) is 0 Å². The number of benzene rings is 2. The second kappa shape index (κ2) is 6.61. The van der Waals surface area contributed by atoms with E-state index in [1.54, 1.807) is 32.4 Å². The zero-order valence-electron chi connectivity index (χ0n) is 11.5. The Hall–Kier alpha value is -2.49. The highest BCUT2D eigenvalue weighted by Crippen LogP contribution is 2.28. The predicted octanol–water partition coefficient (Wildman–Crippen LogP) is 3.10. The van der Waals surface area contributed by atoms with Gasteiger partial charge in [-0.05, 0) is 35.9 Å². The maximum absolute atomic E-state index is 10.7. The number of ether oxygens (including phenoxy) is 3. The summed E-state index contributed by atoms with van der Waals surface area (Å²) in [6.45, 7) is 0.397. The maximum Gasteiger partial charge on any atom is 0.161 e. The topological polar surface area (TPSA) is 44.8 Å². The second-order valence-corrected chi connectivity index (χ2v) is 4.17. The lowest BCUT2D eigenvalue weighted by Gasteiger charge is -2.11. The van der Waals surface area contributed by atoms with Crippen molar-refractivity contribution in [2.75, 3.05) is 14.2 Å². The van der Waals surface area contributed by atoms with E-state index in [0.29, 0.717) is 23.7 Å². The van der Waals surface area contributed by atoms with Gasteiger partial charge in [-0.2, -0.15) is 0 Å². The van der Waals surface area contributed by atoms with E-state index in [0.717, 1.165) is 17.6 Å². The number of methoxy groups -OCH3 is 2. The van der Waals surface area contributed by atoms with Gasteiger partial charge in [0, 0.05) is 5.56 Å². The van der Waals surface area contributed by atoms with Crippen molar-refractivity contribution in [3.05, 3.63) is 53.6 Å². The fourth-order valence-electron chi connectivity index (χ4n) is 1.80. The van der Waals surface area contributed by atoms with E-state index in [1.807, 2.05) is 24.3 Å². The van der Waals surface area contributed by atoms with Crippen molar-refractivity contribution >= 4 is 6.29 Å². The molecule has 4 heteroatoms. The molecule has 0 radical (unpaired) electrons. The minimum absolute atomic E-state index is 0.397. The van der Waals surface area contributed by atoms with Crippen molar-refractivity contribution < 1.29 is 19.0 Å². The summed E-state index contributed by atoms with van der Waals surface area (Å²) >= 11 is 0. The SMILES string of the molecule is COc1cccc(COc2ccc(C=O)cc2OC)c1. The molecule has 2 aromatic carbocycles. The first-order valence-electron chi connectivity index (χ1n) is 6.15. The zero-order chi connectivity index (χ0) is 14.4. The van der Waals surface area contributed by atoms with Gasteiger partial charge in [0.05, 0.1) is 14.2 Å². The highest BCUT2D eigenvalue weighted by atomic mass is 16.5. The van der Waals surface area contributed by atoms with Gasteiger partial charge in [0.25, 0.3) is 0 Å². The van der Waals surface area contributed by atoms with E-state index in [4.69, 9.17) is 14.2 Å². The van der Waals surface area contributed by atoms with Gasteiger partial charge in [-0.25, -0.2) is 0 Å². The van der Waals surface area contributed by atoms with Crippen LogP contribution in [-0.2, 0) is 6.61 Å². The molecule has 4 nitrogen and oxygen atoms in total. The second-order valence-electron chi connectivity index (χ2n) is 4.17. The molecule has 0 N–H and O–H groups in total. The maximum atomic E-state index is 10.7. The van der Waals surface area contributed by atoms with Crippen LogP contribution in [0, 0.1) is 0 Å². The molecule has 0 saturated heterocycles. The monoisotopic (exact) mass is 272 g/mol. The summed E-state index contributed by atoms with van der Waals surface area (Å²) < 4.78 is 16.1. The van der Waals surface area contributed by atoms with Gasteiger partial charge < -0.3 is 14.2 Å². The fourth-order valence-corrected chi connectivity index (χ4v) is 1.80. The third kappa shape index (κ3) is 3.29. The molecule has 0 atom stereocenters. The van der Waals surface area contributed by atoms with Crippen molar-refractivity contribution in [3.63, 3.8) is 0 Å². The van der Waals surface area contributed by atoms with Crippen LogP contribution in [0.15, 0.2) is 42.5 Å². The smallest absolute Gasteiger partial charge is 0.161 e. The van der Waals surface area contributed by atoms with Crippen LogP contribution in [0.4, 0.5) is 0 Å². The molecule has 104 valence electrons. The number of hydrogen-bond acceptors (Lipinski definition) is 4. The van der Waals surface area contributed by atoms with Gasteiger partial charge in [-0.1, -0.05) is 12.1 Å². The first-order valence-corrected chi connectivity index (χ1v) is 6.15. The fraction of sp³-hybridized carbons (Fsp3) is 0.188. The molecule has 0 fully saturated rings. The van der Waals surface area contributed by atoms with Gasteiger partial charge in [-0.3, -0.25) is 4.79 Å². The van der Waals surface area contributed by atoms with Gasteiger partial charge in [0.1, 0.15) is 18.6 Å². The molecule has 0 aliphatic heterocycles. The quantitative estimate of drug-likeness (QED) is 0.758. The number of carbonyl (C=O) groups excluding carboxylic acids is 1. The Morgan fingerprint density at radius 2 is 1.85 bits per heavy atom. The summed E-state index contributed by atoms with van der Waals surface area (Å²) in [6, 6.07) is 12.7. The van der Waals surface area contributed by atoms with Crippen molar-refractivity contribution in [2.45, 2.75) is 6.61 Å². The molecule has 0 bridgehead atoms.